The van der Waals surface area contributed by atoms with Gasteiger partial charge in [0.25, 0.3) is 0 Å². The van der Waals surface area contributed by atoms with Crippen molar-refractivity contribution in [3.63, 3.8) is 0 Å². The Kier molecular flexibility index (Phi) is 6.50. The standard InChI is InChI=1S/C23H24BrF2NO2/c24-21-9-13-28-22-7-4-17(26)14-20(22)23(21)16-2-5-18(6-3-16)29-19-8-12-27(15-19)11-1-10-25/h2-7,14,19H,1,8-13,15H2. The van der Waals surface area contributed by atoms with Crippen LogP contribution in [0.25, 0.3) is 5.57 Å². The SMILES string of the molecule is FCCCN1CCC(Oc2ccc(C3=C(Br)CCOc4ccc(F)cc43)cc2)C1. The van der Waals surface area contributed by atoms with Crippen molar-refractivity contribution < 1.29 is 18.3 Å². The van der Waals surface area contributed by atoms with Gasteiger partial charge in [-0.3, -0.25) is 9.29 Å². The van der Waals surface area contributed by atoms with Crippen molar-refractivity contribution in [2.45, 2.75) is 25.4 Å². The minimum absolute atomic E-state index is 0.132. The molecule has 0 saturated carbocycles. The first-order chi connectivity index (χ1) is 14.1. The van der Waals surface area contributed by atoms with E-state index in [4.69, 9.17) is 9.47 Å². The molecule has 2 aromatic carbocycles. The minimum atomic E-state index is -0.287. The Labute approximate surface area is 178 Å². The minimum Gasteiger partial charge on any atom is -0.493 e. The van der Waals surface area contributed by atoms with Crippen LogP contribution in [0.1, 0.15) is 30.4 Å². The van der Waals surface area contributed by atoms with Gasteiger partial charge in [-0.1, -0.05) is 28.1 Å². The summed E-state index contributed by atoms with van der Waals surface area (Å²) in [6, 6.07) is 12.5. The molecule has 1 fully saturated rings. The molecule has 2 heterocycles. The molecule has 0 aromatic heterocycles. The quantitative estimate of drug-likeness (QED) is 0.558. The first-order valence-corrected chi connectivity index (χ1v) is 10.8. The molecule has 4 rings (SSSR count). The van der Waals surface area contributed by atoms with Crippen molar-refractivity contribution in [3.8, 4) is 11.5 Å². The largest absolute Gasteiger partial charge is 0.493 e. The van der Waals surface area contributed by atoms with Gasteiger partial charge in [0.05, 0.1) is 13.3 Å². The second-order valence-electron chi connectivity index (χ2n) is 7.41. The van der Waals surface area contributed by atoms with Crippen LogP contribution in [0.4, 0.5) is 8.78 Å². The molecule has 1 atom stereocenters. The average Bonchev–Trinajstić information content (AvgIpc) is 3.09. The molecule has 0 aliphatic carbocycles. The van der Waals surface area contributed by atoms with Gasteiger partial charge in [0.15, 0.2) is 0 Å². The van der Waals surface area contributed by atoms with E-state index in [-0.39, 0.29) is 18.6 Å². The van der Waals surface area contributed by atoms with Crippen LogP contribution in [0.3, 0.4) is 0 Å². The Bertz CT molecular complexity index is 885. The molecule has 2 aliphatic rings. The van der Waals surface area contributed by atoms with Gasteiger partial charge in [-0.15, -0.1) is 0 Å². The zero-order valence-corrected chi connectivity index (χ0v) is 17.8. The zero-order valence-electron chi connectivity index (χ0n) is 16.2. The summed E-state index contributed by atoms with van der Waals surface area (Å²) in [7, 11) is 0. The predicted octanol–water partition coefficient (Wildman–Crippen LogP) is 5.58. The normalized spacial score (nSPS) is 19.6. The Balaban J connectivity index is 1.50. The first-order valence-electron chi connectivity index (χ1n) is 10.0. The number of likely N-dealkylation sites (tertiary alicyclic amines) is 1. The summed E-state index contributed by atoms with van der Waals surface area (Å²) in [6.45, 7) is 2.85. The number of benzene rings is 2. The third-order valence-corrected chi connectivity index (χ3v) is 6.14. The van der Waals surface area contributed by atoms with Crippen LogP contribution < -0.4 is 9.47 Å². The van der Waals surface area contributed by atoms with Crippen molar-refractivity contribution >= 4 is 21.5 Å². The van der Waals surface area contributed by atoms with Crippen LogP contribution in [0.5, 0.6) is 11.5 Å². The van der Waals surface area contributed by atoms with Crippen LogP contribution in [-0.2, 0) is 0 Å². The fourth-order valence-corrected chi connectivity index (χ4v) is 4.53. The number of fused-ring (bicyclic) bond motifs is 1. The van der Waals surface area contributed by atoms with E-state index in [1.807, 2.05) is 24.3 Å². The van der Waals surface area contributed by atoms with Crippen molar-refractivity contribution in [1.82, 2.24) is 4.90 Å². The summed E-state index contributed by atoms with van der Waals surface area (Å²) in [5.74, 6) is 1.22. The highest BCUT2D eigenvalue weighted by Gasteiger charge is 2.24. The summed E-state index contributed by atoms with van der Waals surface area (Å²) in [5.41, 5.74) is 2.68. The summed E-state index contributed by atoms with van der Waals surface area (Å²) in [6.07, 6.45) is 2.39. The summed E-state index contributed by atoms with van der Waals surface area (Å²) < 4.78 is 39.2. The van der Waals surface area contributed by atoms with Gasteiger partial charge in [-0.2, -0.15) is 0 Å². The topological polar surface area (TPSA) is 21.7 Å². The van der Waals surface area contributed by atoms with Crippen LogP contribution in [0.15, 0.2) is 46.9 Å². The first kappa shape index (κ1) is 20.4. The highest BCUT2D eigenvalue weighted by atomic mass is 79.9. The number of hydrogen-bond acceptors (Lipinski definition) is 3. The van der Waals surface area contributed by atoms with Gasteiger partial charge in [-0.25, -0.2) is 4.39 Å². The lowest BCUT2D eigenvalue weighted by Gasteiger charge is -2.17. The van der Waals surface area contributed by atoms with Gasteiger partial charge < -0.3 is 9.47 Å². The van der Waals surface area contributed by atoms with E-state index in [1.165, 1.54) is 12.1 Å². The van der Waals surface area contributed by atoms with Crippen molar-refractivity contribution in [3.05, 3.63) is 63.9 Å². The van der Waals surface area contributed by atoms with Crippen LogP contribution >= 0.6 is 15.9 Å². The van der Waals surface area contributed by atoms with Crippen molar-refractivity contribution in [1.29, 1.82) is 0 Å². The van der Waals surface area contributed by atoms with E-state index in [0.29, 0.717) is 18.8 Å². The zero-order chi connectivity index (χ0) is 20.2. The van der Waals surface area contributed by atoms with Gasteiger partial charge in [0, 0.05) is 41.7 Å². The lowest BCUT2D eigenvalue weighted by atomic mass is 9.96. The molecule has 2 aromatic rings. The Morgan fingerprint density at radius 3 is 2.79 bits per heavy atom. The maximum Gasteiger partial charge on any atom is 0.127 e. The lowest BCUT2D eigenvalue weighted by Crippen LogP contribution is -2.26. The third kappa shape index (κ3) is 4.81. The van der Waals surface area contributed by atoms with E-state index in [9.17, 15) is 8.78 Å². The molecule has 0 radical (unpaired) electrons. The third-order valence-electron chi connectivity index (χ3n) is 5.34. The highest BCUT2D eigenvalue weighted by Crippen LogP contribution is 2.39. The van der Waals surface area contributed by atoms with E-state index in [0.717, 1.165) is 59.4 Å². The van der Waals surface area contributed by atoms with E-state index in [1.54, 1.807) is 6.07 Å². The molecule has 0 spiro atoms. The maximum atomic E-state index is 13.9. The van der Waals surface area contributed by atoms with Crippen LogP contribution in [0.2, 0.25) is 0 Å². The average molecular weight is 464 g/mol. The second-order valence-corrected chi connectivity index (χ2v) is 8.37. The number of halogens is 3. The predicted molar refractivity (Wildman–Crippen MR) is 114 cm³/mol. The molecule has 0 bridgehead atoms. The smallest absolute Gasteiger partial charge is 0.127 e. The Morgan fingerprint density at radius 2 is 2.00 bits per heavy atom. The fraction of sp³-hybridized carbons (Fsp3) is 0.391. The van der Waals surface area contributed by atoms with E-state index in [2.05, 4.69) is 20.8 Å². The molecule has 29 heavy (non-hydrogen) atoms. The molecule has 1 unspecified atom stereocenters. The second kappa shape index (κ2) is 9.26. The van der Waals surface area contributed by atoms with Gasteiger partial charge in [-0.05, 0) is 48.7 Å². The number of hydrogen-bond donors (Lipinski definition) is 0. The molecule has 154 valence electrons. The summed E-state index contributed by atoms with van der Waals surface area (Å²) in [4.78, 5) is 2.25. The molecule has 3 nitrogen and oxygen atoms in total. The van der Waals surface area contributed by atoms with Crippen LogP contribution in [-0.4, -0.2) is 43.9 Å². The van der Waals surface area contributed by atoms with E-state index < -0.39 is 0 Å². The maximum absolute atomic E-state index is 13.9. The monoisotopic (exact) mass is 463 g/mol. The van der Waals surface area contributed by atoms with Gasteiger partial charge in [0.2, 0.25) is 0 Å². The van der Waals surface area contributed by atoms with E-state index >= 15 is 0 Å². The fourth-order valence-electron chi connectivity index (χ4n) is 3.93. The molecular formula is C23H24BrF2NO2. The van der Waals surface area contributed by atoms with Gasteiger partial charge in [0.1, 0.15) is 23.4 Å². The number of alkyl halides is 1. The summed E-state index contributed by atoms with van der Waals surface area (Å²) >= 11 is 3.67. The number of nitrogens with zero attached hydrogens (tertiary/aromatic N) is 1. The van der Waals surface area contributed by atoms with Gasteiger partial charge >= 0.3 is 0 Å². The molecule has 0 N–H and O–H groups in total. The molecule has 1 saturated heterocycles. The molecular weight excluding hydrogens is 440 g/mol. The van der Waals surface area contributed by atoms with Crippen LogP contribution in [0, 0.1) is 5.82 Å². The number of rotatable bonds is 6. The van der Waals surface area contributed by atoms with Crippen molar-refractivity contribution in [2.24, 2.45) is 0 Å². The molecule has 2 aliphatic heterocycles. The molecule has 0 amide bonds. The Morgan fingerprint density at radius 1 is 1.17 bits per heavy atom. The van der Waals surface area contributed by atoms with Crippen molar-refractivity contribution in [2.75, 3.05) is 32.9 Å². The Hall–Kier alpha value is -1.92. The number of ether oxygens (including phenoxy) is 2. The summed E-state index contributed by atoms with van der Waals surface area (Å²) in [5, 5.41) is 0. The highest BCUT2D eigenvalue weighted by molar-refractivity contribution is 9.11. The molecule has 6 heteroatoms. The lowest BCUT2D eigenvalue weighted by molar-refractivity contribution is 0.198.